The molecule has 1 N–H and O–H groups in total. The Labute approximate surface area is 107 Å². The highest BCUT2D eigenvalue weighted by atomic mass is 16.5. The molecule has 1 fully saturated rings. The van der Waals surface area contributed by atoms with Crippen molar-refractivity contribution in [2.75, 3.05) is 26.4 Å². The van der Waals surface area contributed by atoms with Crippen LogP contribution in [0.2, 0.25) is 0 Å². The maximum atomic E-state index is 12.3. The van der Waals surface area contributed by atoms with Crippen molar-refractivity contribution in [2.45, 2.75) is 19.0 Å². The van der Waals surface area contributed by atoms with Gasteiger partial charge < -0.3 is 9.84 Å². The van der Waals surface area contributed by atoms with E-state index < -0.39 is 0 Å². The quantitative estimate of drug-likeness (QED) is 0.807. The van der Waals surface area contributed by atoms with Crippen molar-refractivity contribution in [3.05, 3.63) is 35.9 Å². The number of ether oxygens (including phenoxy) is 1. The van der Waals surface area contributed by atoms with E-state index >= 15 is 0 Å². The van der Waals surface area contributed by atoms with Crippen LogP contribution in [-0.4, -0.2) is 54.2 Å². The van der Waals surface area contributed by atoms with Gasteiger partial charge in [0.05, 0.1) is 31.9 Å². The number of Topliss-reactive ketones (excluding diaryl/α,β-unsaturated/α-hetero) is 1. The first-order chi connectivity index (χ1) is 8.74. The highest BCUT2D eigenvalue weighted by Gasteiger charge is 2.30. The molecule has 1 aliphatic heterocycles. The first-order valence-electron chi connectivity index (χ1n) is 6.27. The number of aliphatic hydroxyl groups is 1. The Bertz CT molecular complexity index is 393. The molecule has 0 spiro atoms. The van der Waals surface area contributed by atoms with Crippen LogP contribution in [-0.2, 0) is 4.74 Å². The van der Waals surface area contributed by atoms with Gasteiger partial charge in [0.25, 0.3) is 0 Å². The Kier molecular flexibility index (Phi) is 4.47. The molecule has 0 radical (unpaired) electrons. The normalized spacial score (nSPS) is 22.7. The van der Waals surface area contributed by atoms with Gasteiger partial charge in [-0.15, -0.1) is 0 Å². The summed E-state index contributed by atoms with van der Waals surface area (Å²) in [5.74, 6) is 0.0935. The first kappa shape index (κ1) is 13.2. The van der Waals surface area contributed by atoms with Gasteiger partial charge in [0, 0.05) is 12.1 Å². The van der Waals surface area contributed by atoms with Crippen LogP contribution in [0.4, 0.5) is 0 Å². The Morgan fingerprint density at radius 2 is 2.22 bits per heavy atom. The second kappa shape index (κ2) is 6.09. The minimum absolute atomic E-state index is 0.0202. The van der Waals surface area contributed by atoms with Gasteiger partial charge in [-0.3, -0.25) is 9.69 Å². The monoisotopic (exact) mass is 249 g/mol. The molecule has 0 amide bonds. The number of hydrogen-bond acceptors (Lipinski definition) is 4. The van der Waals surface area contributed by atoms with Crippen LogP contribution >= 0.6 is 0 Å². The number of carbonyl (C=O) groups is 1. The SMILES string of the molecule is CC(C(=O)c1ccccc1)N1CCOCC1CO. The fourth-order valence-electron chi connectivity index (χ4n) is 2.33. The highest BCUT2D eigenvalue weighted by molar-refractivity contribution is 5.99. The van der Waals surface area contributed by atoms with Gasteiger partial charge in [0.1, 0.15) is 0 Å². The Morgan fingerprint density at radius 3 is 2.89 bits per heavy atom. The lowest BCUT2D eigenvalue weighted by Gasteiger charge is -2.38. The molecule has 98 valence electrons. The molecular formula is C14H19NO3. The molecule has 1 aromatic carbocycles. The lowest BCUT2D eigenvalue weighted by Crippen LogP contribution is -2.53. The molecule has 2 unspecified atom stereocenters. The van der Waals surface area contributed by atoms with Crippen LogP contribution < -0.4 is 0 Å². The molecule has 0 bridgehead atoms. The third-order valence-corrected chi connectivity index (χ3v) is 3.42. The van der Waals surface area contributed by atoms with E-state index in [-0.39, 0.29) is 24.5 Å². The molecule has 4 heteroatoms. The number of nitrogens with zero attached hydrogens (tertiary/aromatic N) is 1. The number of rotatable bonds is 4. The van der Waals surface area contributed by atoms with Crippen molar-refractivity contribution in [1.82, 2.24) is 4.90 Å². The number of morpholine rings is 1. The summed E-state index contributed by atoms with van der Waals surface area (Å²) in [7, 11) is 0. The fourth-order valence-corrected chi connectivity index (χ4v) is 2.33. The van der Waals surface area contributed by atoms with Gasteiger partial charge in [-0.1, -0.05) is 30.3 Å². The molecule has 2 atom stereocenters. The second-order valence-corrected chi connectivity index (χ2v) is 4.56. The van der Waals surface area contributed by atoms with Crippen molar-refractivity contribution in [1.29, 1.82) is 0 Å². The Morgan fingerprint density at radius 1 is 1.50 bits per heavy atom. The van der Waals surface area contributed by atoms with Gasteiger partial charge in [0.2, 0.25) is 0 Å². The van der Waals surface area contributed by atoms with Gasteiger partial charge >= 0.3 is 0 Å². The van der Waals surface area contributed by atoms with Crippen molar-refractivity contribution in [2.24, 2.45) is 0 Å². The molecule has 2 rings (SSSR count). The van der Waals surface area contributed by atoms with E-state index in [1.54, 1.807) is 0 Å². The average Bonchev–Trinajstić information content (AvgIpc) is 2.46. The molecule has 1 heterocycles. The van der Waals surface area contributed by atoms with Crippen LogP contribution in [0, 0.1) is 0 Å². The predicted molar refractivity (Wildman–Crippen MR) is 68.6 cm³/mol. The van der Waals surface area contributed by atoms with E-state index in [4.69, 9.17) is 4.74 Å². The minimum Gasteiger partial charge on any atom is -0.395 e. The summed E-state index contributed by atoms with van der Waals surface area (Å²) in [6.07, 6.45) is 0. The number of ketones is 1. The Hall–Kier alpha value is -1.23. The summed E-state index contributed by atoms with van der Waals surface area (Å²) >= 11 is 0. The molecule has 0 aliphatic carbocycles. The summed E-state index contributed by atoms with van der Waals surface area (Å²) in [4.78, 5) is 14.4. The molecule has 0 aromatic heterocycles. The zero-order valence-corrected chi connectivity index (χ0v) is 10.6. The molecule has 0 saturated carbocycles. The molecule has 4 nitrogen and oxygen atoms in total. The van der Waals surface area contributed by atoms with Gasteiger partial charge in [0.15, 0.2) is 5.78 Å². The van der Waals surface area contributed by atoms with E-state index in [9.17, 15) is 9.90 Å². The smallest absolute Gasteiger partial charge is 0.179 e. The van der Waals surface area contributed by atoms with E-state index in [1.807, 2.05) is 42.2 Å². The molecule has 18 heavy (non-hydrogen) atoms. The Balaban J connectivity index is 2.10. The molecular weight excluding hydrogens is 230 g/mol. The maximum Gasteiger partial charge on any atom is 0.179 e. The minimum atomic E-state index is -0.228. The van der Waals surface area contributed by atoms with Gasteiger partial charge in [-0.05, 0) is 6.92 Å². The van der Waals surface area contributed by atoms with E-state index in [1.165, 1.54) is 0 Å². The number of aliphatic hydroxyl groups excluding tert-OH is 1. The number of carbonyl (C=O) groups excluding carboxylic acids is 1. The van der Waals surface area contributed by atoms with Crippen molar-refractivity contribution in [3.8, 4) is 0 Å². The zero-order chi connectivity index (χ0) is 13.0. The maximum absolute atomic E-state index is 12.3. The lowest BCUT2D eigenvalue weighted by molar-refractivity contribution is -0.0390. The third-order valence-electron chi connectivity index (χ3n) is 3.42. The predicted octanol–water partition coefficient (Wildman–Crippen LogP) is 0.951. The van der Waals surface area contributed by atoms with Crippen molar-refractivity contribution < 1.29 is 14.6 Å². The lowest BCUT2D eigenvalue weighted by atomic mass is 10.0. The van der Waals surface area contributed by atoms with E-state index in [0.717, 1.165) is 0 Å². The van der Waals surface area contributed by atoms with Crippen LogP contribution in [0.1, 0.15) is 17.3 Å². The van der Waals surface area contributed by atoms with Crippen LogP contribution in [0.5, 0.6) is 0 Å². The van der Waals surface area contributed by atoms with Crippen LogP contribution in [0.3, 0.4) is 0 Å². The number of benzene rings is 1. The summed E-state index contributed by atoms with van der Waals surface area (Å²) < 4.78 is 5.33. The summed E-state index contributed by atoms with van der Waals surface area (Å²) in [5.41, 5.74) is 0.716. The first-order valence-corrected chi connectivity index (χ1v) is 6.27. The highest BCUT2D eigenvalue weighted by Crippen LogP contribution is 2.15. The summed E-state index contributed by atoms with van der Waals surface area (Å²) in [6.45, 7) is 3.70. The molecule has 1 saturated heterocycles. The van der Waals surface area contributed by atoms with Crippen molar-refractivity contribution >= 4 is 5.78 Å². The summed E-state index contributed by atoms with van der Waals surface area (Å²) in [6, 6.07) is 8.97. The molecule has 1 aromatic rings. The molecule has 1 aliphatic rings. The summed E-state index contributed by atoms with van der Waals surface area (Å²) in [5, 5.41) is 9.33. The van der Waals surface area contributed by atoms with Crippen molar-refractivity contribution in [3.63, 3.8) is 0 Å². The van der Waals surface area contributed by atoms with E-state index in [2.05, 4.69) is 0 Å². The third kappa shape index (κ3) is 2.77. The average molecular weight is 249 g/mol. The standard InChI is InChI=1S/C14H19NO3/c1-11(14(17)12-5-3-2-4-6-12)15-7-8-18-10-13(15)9-16/h2-6,11,13,16H,7-10H2,1H3. The van der Waals surface area contributed by atoms with Crippen LogP contribution in [0.15, 0.2) is 30.3 Å². The second-order valence-electron chi connectivity index (χ2n) is 4.56. The largest absolute Gasteiger partial charge is 0.395 e. The topological polar surface area (TPSA) is 49.8 Å². The van der Waals surface area contributed by atoms with Crippen LogP contribution in [0.25, 0.3) is 0 Å². The van der Waals surface area contributed by atoms with E-state index in [0.29, 0.717) is 25.3 Å². The van der Waals surface area contributed by atoms with Gasteiger partial charge in [-0.2, -0.15) is 0 Å². The fraction of sp³-hybridized carbons (Fsp3) is 0.500. The van der Waals surface area contributed by atoms with Gasteiger partial charge in [-0.25, -0.2) is 0 Å². The number of hydrogen-bond donors (Lipinski definition) is 1. The zero-order valence-electron chi connectivity index (χ0n) is 10.6.